The molecule has 0 aliphatic carbocycles. The fourth-order valence-electron chi connectivity index (χ4n) is 4.77. The fraction of sp³-hybridized carbons (Fsp3) is 0.417. The summed E-state index contributed by atoms with van der Waals surface area (Å²) in [6.07, 6.45) is 4.41. The van der Waals surface area contributed by atoms with Crippen molar-refractivity contribution in [3.05, 3.63) is 59.8 Å². The molecule has 166 valence electrons. The Morgan fingerprint density at radius 1 is 1.03 bits per heavy atom. The average Bonchev–Trinajstić information content (AvgIpc) is 3.48. The number of aromatic nitrogens is 3. The Balaban J connectivity index is 1.13. The summed E-state index contributed by atoms with van der Waals surface area (Å²) in [4.78, 5) is 41.6. The molecule has 2 saturated heterocycles. The average molecular weight is 436 g/mol. The van der Waals surface area contributed by atoms with E-state index in [1.165, 1.54) is 12.1 Å². The van der Waals surface area contributed by atoms with Gasteiger partial charge in [-0.25, -0.2) is 14.4 Å². The molecule has 2 fully saturated rings. The molecular formula is C24H26FN5O2. The summed E-state index contributed by atoms with van der Waals surface area (Å²) in [6, 6.07) is 9.86. The van der Waals surface area contributed by atoms with Crippen LogP contribution in [0, 0.1) is 11.7 Å². The van der Waals surface area contributed by atoms with Crippen LogP contribution in [0.4, 0.5) is 4.39 Å². The zero-order valence-electron chi connectivity index (χ0n) is 17.8. The van der Waals surface area contributed by atoms with Crippen molar-refractivity contribution in [3.63, 3.8) is 0 Å². The molecule has 2 aromatic heterocycles. The number of pyridine rings is 1. The highest BCUT2D eigenvalue weighted by atomic mass is 19.1. The molecule has 0 bridgehead atoms. The van der Waals surface area contributed by atoms with Gasteiger partial charge < -0.3 is 14.8 Å². The molecule has 0 spiro atoms. The largest absolute Gasteiger partial charge is 0.342 e. The van der Waals surface area contributed by atoms with Gasteiger partial charge in [-0.05, 0) is 49.1 Å². The summed E-state index contributed by atoms with van der Waals surface area (Å²) < 4.78 is 13.1. The number of carbonyl (C=O) groups excluding carboxylic acids is 2. The number of benzene rings is 1. The van der Waals surface area contributed by atoms with E-state index in [9.17, 15) is 14.0 Å². The summed E-state index contributed by atoms with van der Waals surface area (Å²) in [6.45, 7) is 2.47. The third kappa shape index (κ3) is 4.22. The first-order chi connectivity index (χ1) is 15.6. The smallest absolute Gasteiger partial charge is 0.227 e. The highest BCUT2D eigenvalue weighted by Gasteiger charge is 2.35. The van der Waals surface area contributed by atoms with E-state index in [1.807, 2.05) is 17.0 Å². The van der Waals surface area contributed by atoms with Gasteiger partial charge in [0.1, 0.15) is 11.6 Å². The zero-order valence-corrected chi connectivity index (χ0v) is 17.8. The van der Waals surface area contributed by atoms with Crippen LogP contribution in [-0.2, 0) is 16.0 Å². The lowest BCUT2D eigenvalue weighted by Crippen LogP contribution is -2.42. The van der Waals surface area contributed by atoms with Crippen LogP contribution in [0.15, 0.2) is 42.6 Å². The van der Waals surface area contributed by atoms with Gasteiger partial charge in [-0.2, -0.15) is 0 Å². The number of piperidine rings is 1. The molecule has 3 aromatic rings. The van der Waals surface area contributed by atoms with E-state index in [4.69, 9.17) is 0 Å². The Morgan fingerprint density at radius 3 is 2.53 bits per heavy atom. The van der Waals surface area contributed by atoms with E-state index < -0.39 is 0 Å². The monoisotopic (exact) mass is 435 g/mol. The summed E-state index contributed by atoms with van der Waals surface area (Å²) in [7, 11) is 0. The predicted octanol–water partition coefficient (Wildman–Crippen LogP) is 2.89. The maximum absolute atomic E-state index is 13.1. The van der Waals surface area contributed by atoms with Crippen LogP contribution in [0.5, 0.6) is 0 Å². The quantitative estimate of drug-likeness (QED) is 0.683. The second kappa shape index (κ2) is 8.68. The number of imidazole rings is 1. The Bertz CT molecular complexity index is 1090. The lowest BCUT2D eigenvalue weighted by molar-refractivity contribution is -0.136. The number of hydrogen-bond donors (Lipinski definition) is 1. The lowest BCUT2D eigenvalue weighted by Gasteiger charge is -2.32. The summed E-state index contributed by atoms with van der Waals surface area (Å²) >= 11 is 0. The van der Waals surface area contributed by atoms with Crippen molar-refractivity contribution < 1.29 is 14.0 Å². The van der Waals surface area contributed by atoms with Crippen LogP contribution in [0.3, 0.4) is 0 Å². The summed E-state index contributed by atoms with van der Waals surface area (Å²) in [5.41, 5.74) is 2.46. The number of carbonyl (C=O) groups is 2. The SMILES string of the molecule is O=C(Cc1ccc(F)cc1)N1CCC(C(=O)N2CCC(c3nc4ncccc4[nH]3)CC2)C1. The van der Waals surface area contributed by atoms with Gasteiger partial charge in [-0.15, -0.1) is 0 Å². The molecular weight excluding hydrogens is 409 g/mol. The van der Waals surface area contributed by atoms with Crippen LogP contribution in [0.2, 0.25) is 0 Å². The summed E-state index contributed by atoms with van der Waals surface area (Å²) in [5.74, 6) is 0.929. The molecule has 5 rings (SSSR count). The number of nitrogens with zero attached hydrogens (tertiary/aromatic N) is 4. The highest BCUT2D eigenvalue weighted by molar-refractivity contribution is 5.83. The van der Waals surface area contributed by atoms with E-state index in [-0.39, 0.29) is 30.0 Å². The molecule has 0 saturated carbocycles. The van der Waals surface area contributed by atoms with E-state index in [0.29, 0.717) is 38.5 Å². The lowest BCUT2D eigenvalue weighted by atomic mass is 9.95. The number of H-pyrrole nitrogens is 1. The van der Waals surface area contributed by atoms with Gasteiger partial charge in [0.15, 0.2) is 5.65 Å². The maximum Gasteiger partial charge on any atom is 0.227 e. The first-order valence-electron chi connectivity index (χ1n) is 11.2. The third-order valence-electron chi connectivity index (χ3n) is 6.63. The maximum atomic E-state index is 13.1. The molecule has 1 N–H and O–H groups in total. The molecule has 32 heavy (non-hydrogen) atoms. The van der Waals surface area contributed by atoms with Crippen molar-refractivity contribution >= 4 is 23.0 Å². The number of hydrogen-bond acceptors (Lipinski definition) is 4. The third-order valence-corrected chi connectivity index (χ3v) is 6.63. The van der Waals surface area contributed by atoms with E-state index in [2.05, 4.69) is 15.0 Å². The second-order valence-corrected chi connectivity index (χ2v) is 8.72. The molecule has 2 aliphatic heterocycles. The molecule has 1 aromatic carbocycles. The molecule has 1 unspecified atom stereocenters. The van der Waals surface area contributed by atoms with Crippen molar-refractivity contribution in [1.29, 1.82) is 0 Å². The number of rotatable bonds is 4. The summed E-state index contributed by atoms with van der Waals surface area (Å²) in [5, 5.41) is 0. The minimum Gasteiger partial charge on any atom is -0.342 e. The predicted molar refractivity (Wildman–Crippen MR) is 117 cm³/mol. The number of amides is 2. The minimum absolute atomic E-state index is 0.0101. The van der Waals surface area contributed by atoms with Crippen LogP contribution in [0.1, 0.15) is 36.6 Å². The fourth-order valence-corrected chi connectivity index (χ4v) is 4.77. The van der Waals surface area contributed by atoms with Crippen LogP contribution < -0.4 is 0 Å². The van der Waals surface area contributed by atoms with Gasteiger partial charge in [0.2, 0.25) is 11.8 Å². The first-order valence-corrected chi connectivity index (χ1v) is 11.2. The Morgan fingerprint density at radius 2 is 1.78 bits per heavy atom. The van der Waals surface area contributed by atoms with E-state index >= 15 is 0 Å². The molecule has 7 nitrogen and oxygen atoms in total. The molecule has 0 radical (unpaired) electrons. The number of likely N-dealkylation sites (tertiary alicyclic amines) is 2. The number of fused-ring (bicyclic) bond motifs is 1. The molecule has 2 aliphatic rings. The minimum atomic E-state index is -0.311. The number of halogens is 1. The van der Waals surface area contributed by atoms with Crippen molar-refractivity contribution in [2.24, 2.45) is 5.92 Å². The first kappa shape index (κ1) is 20.6. The second-order valence-electron chi connectivity index (χ2n) is 8.72. The van der Waals surface area contributed by atoms with Crippen molar-refractivity contribution in [2.75, 3.05) is 26.2 Å². The van der Waals surface area contributed by atoms with Crippen LogP contribution in [-0.4, -0.2) is 62.7 Å². The number of nitrogens with one attached hydrogen (secondary N) is 1. The van der Waals surface area contributed by atoms with Crippen LogP contribution >= 0.6 is 0 Å². The Labute approximate surface area is 185 Å². The number of aromatic amines is 1. The Kier molecular flexibility index (Phi) is 5.59. The molecule has 1 atom stereocenters. The van der Waals surface area contributed by atoms with Crippen molar-refractivity contribution in [2.45, 2.75) is 31.6 Å². The van der Waals surface area contributed by atoms with Gasteiger partial charge in [0.25, 0.3) is 0 Å². The van der Waals surface area contributed by atoms with Gasteiger partial charge in [0.05, 0.1) is 17.9 Å². The molecule has 2 amide bonds. The van der Waals surface area contributed by atoms with Crippen molar-refractivity contribution in [1.82, 2.24) is 24.8 Å². The standard InChI is InChI=1S/C24H26FN5O2/c25-19-5-3-16(4-6-19)14-21(31)30-13-9-18(15-30)24(32)29-11-7-17(8-12-29)22-27-20-2-1-10-26-23(20)28-22/h1-6,10,17-18H,7-9,11-15H2,(H,26,27,28). The molecule has 8 heteroatoms. The van der Waals surface area contributed by atoms with Gasteiger partial charge >= 0.3 is 0 Å². The normalized spacial score (nSPS) is 19.6. The topological polar surface area (TPSA) is 82.2 Å². The van der Waals surface area contributed by atoms with Gasteiger partial charge in [0, 0.05) is 38.3 Å². The van der Waals surface area contributed by atoms with E-state index in [0.717, 1.165) is 35.4 Å². The van der Waals surface area contributed by atoms with Gasteiger partial charge in [-0.1, -0.05) is 12.1 Å². The molecule has 4 heterocycles. The van der Waals surface area contributed by atoms with E-state index in [1.54, 1.807) is 23.2 Å². The van der Waals surface area contributed by atoms with Crippen LogP contribution in [0.25, 0.3) is 11.2 Å². The van der Waals surface area contributed by atoms with Gasteiger partial charge in [-0.3, -0.25) is 9.59 Å². The highest BCUT2D eigenvalue weighted by Crippen LogP contribution is 2.29. The Hall–Kier alpha value is -3.29. The zero-order chi connectivity index (χ0) is 22.1. The van der Waals surface area contributed by atoms with Crippen molar-refractivity contribution in [3.8, 4) is 0 Å².